The lowest BCUT2D eigenvalue weighted by Crippen LogP contribution is -2.30. The highest BCUT2D eigenvalue weighted by Gasteiger charge is 2.14. The van der Waals surface area contributed by atoms with Crippen LogP contribution in [0.15, 0.2) is 30.5 Å². The monoisotopic (exact) mass is 274 g/mol. The number of hydrogen-bond acceptors (Lipinski definition) is 2. The Hall–Kier alpha value is -2.30. The van der Waals surface area contributed by atoms with Crippen molar-refractivity contribution in [3.63, 3.8) is 0 Å². The maximum absolute atomic E-state index is 11.7. The van der Waals surface area contributed by atoms with E-state index in [-0.39, 0.29) is 17.5 Å². The van der Waals surface area contributed by atoms with Crippen LogP contribution in [-0.2, 0) is 11.3 Å². The van der Waals surface area contributed by atoms with Crippen LogP contribution in [0.25, 0.3) is 10.9 Å². The number of aryl methyl sites for hydroxylation is 1. The number of nitrogens with zero attached hydrogens (tertiary/aromatic N) is 1. The molecule has 20 heavy (non-hydrogen) atoms. The van der Waals surface area contributed by atoms with Gasteiger partial charge in [0.1, 0.15) is 0 Å². The molecule has 1 aromatic heterocycles. The van der Waals surface area contributed by atoms with Crippen molar-refractivity contribution < 1.29 is 14.7 Å². The molecule has 0 atom stereocenters. The Labute approximate surface area is 117 Å². The quantitative estimate of drug-likeness (QED) is 0.878. The first kappa shape index (κ1) is 14.1. The summed E-state index contributed by atoms with van der Waals surface area (Å²) in [6.07, 6.45) is 1.92. The average Bonchev–Trinajstić information content (AvgIpc) is 2.75. The Kier molecular flexibility index (Phi) is 4.08. The summed E-state index contributed by atoms with van der Waals surface area (Å²) in [4.78, 5) is 22.9. The van der Waals surface area contributed by atoms with Gasteiger partial charge in [-0.05, 0) is 19.9 Å². The largest absolute Gasteiger partial charge is 0.478 e. The Morgan fingerprint density at radius 3 is 2.65 bits per heavy atom. The van der Waals surface area contributed by atoms with E-state index in [9.17, 15) is 14.7 Å². The van der Waals surface area contributed by atoms with Gasteiger partial charge >= 0.3 is 5.97 Å². The van der Waals surface area contributed by atoms with E-state index in [2.05, 4.69) is 5.32 Å². The molecule has 0 saturated carbocycles. The lowest BCUT2D eigenvalue weighted by atomic mass is 10.2. The molecule has 1 aromatic carbocycles. The van der Waals surface area contributed by atoms with Crippen molar-refractivity contribution in [1.29, 1.82) is 0 Å². The van der Waals surface area contributed by atoms with Gasteiger partial charge in [0, 0.05) is 36.1 Å². The number of carbonyl (C=O) groups is 2. The van der Waals surface area contributed by atoms with Gasteiger partial charge in [0.15, 0.2) is 0 Å². The molecule has 2 aromatic rings. The summed E-state index contributed by atoms with van der Waals surface area (Å²) in [6.45, 7) is 4.28. The van der Waals surface area contributed by atoms with Crippen LogP contribution in [0.4, 0.5) is 0 Å². The minimum absolute atomic E-state index is 0.0327. The molecule has 0 fully saturated rings. The highest BCUT2D eigenvalue weighted by atomic mass is 16.4. The molecule has 0 aliphatic carbocycles. The lowest BCUT2D eigenvalue weighted by molar-refractivity contribution is -0.121. The first-order chi connectivity index (χ1) is 9.49. The second-order valence-electron chi connectivity index (χ2n) is 5.03. The number of rotatable bonds is 5. The molecule has 106 valence electrons. The van der Waals surface area contributed by atoms with Crippen LogP contribution < -0.4 is 5.32 Å². The van der Waals surface area contributed by atoms with Crippen LogP contribution >= 0.6 is 0 Å². The van der Waals surface area contributed by atoms with Gasteiger partial charge in [0.2, 0.25) is 5.91 Å². The molecule has 2 N–H and O–H groups in total. The first-order valence-electron chi connectivity index (χ1n) is 6.59. The number of para-hydroxylation sites is 1. The van der Waals surface area contributed by atoms with Gasteiger partial charge in [-0.2, -0.15) is 0 Å². The van der Waals surface area contributed by atoms with E-state index in [1.54, 1.807) is 12.3 Å². The second-order valence-corrected chi connectivity index (χ2v) is 5.03. The molecular weight excluding hydrogens is 256 g/mol. The second kappa shape index (κ2) is 5.77. The number of carboxylic acids is 1. The third-order valence-corrected chi connectivity index (χ3v) is 3.05. The van der Waals surface area contributed by atoms with Crippen LogP contribution in [0.1, 0.15) is 30.6 Å². The zero-order valence-corrected chi connectivity index (χ0v) is 11.6. The van der Waals surface area contributed by atoms with E-state index in [1.165, 1.54) is 0 Å². The van der Waals surface area contributed by atoms with E-state index in [0.717, 1.165) is 5.52 Å². The number of carboxylic acid groups (broad SMARTS) is 1. The molecule has 0 unspecified atom stereocenters. The van der Waals surface area contributed by atoms with E-state index in [1.807, 2.05) is 36.6 Å². The molecule has 0 radical (unpaired) electrons. The number of nitrogens with one attached hydrogen (secondary N) is 1. The van der Waals surface area contributed by atoms with Crippen molar-refractivity contribution in [2.24, 2.45) is 0 Å². The average molecular weight is 274 g/mol. The molecule has 0 aliphatic rings. The van der Waals surface area contributed by atoms with Crippen molar-refractivity contribution in [3.05, 3.63) is 36.0 Å². The van der Waals surface area contributed by atoms with Gasteiger partial charge in [-0.1, -0.05) is 18.2 Å². The highest BCUT2D eigenvalue weighted by molar-refractivity contribution is 6.03. The van der Waals surface area contributed by atoms with Crippen LogP contribution in [-0.4, -0.2) is 27.6 Å². The maximum atomic E-state index is 11.7. The van der Waals surface area contributed by atoms with E-state index in [0.29, 0.717) is 18.4 Å². The predicted molar refractivity (Wildman–Crippen MR) is 76.8 cm³/mol. The number of aromatic nitrogens is 1. The Morgan fingerprint density at radius 1 is 1.30 bits per heavy atom. The molecule has 0 saturated heterocycles. The van der Waals surface area contributed by atoms with Gasteiger partial charge in [-0.25, -0.2) is 4.79 Å². The SMILES string of the molecule is CC(C)NC(=O)CCn1cc(C(=O)O)c2ccccc21. The van der Waals surface area contributed by atoms with Crippen molar-refractivity contribution in [2.45, 2.75) is 32.9 Å². The maximum Gasteiger partial charge on any atom is 0.337 e. The summed E-state index contributed by atoms with van der Waals surface area (Å²) >= 11 is 0. The molecule has 1 heterocycles. The summed E-state index contributed by atoms with van der Waals surface area (Å²) < 4.78 is 1.82. The van der Waals surface area contributed by atoms with Gasteiger partial charge in [-0.3, -0.25) is 4.79 Å². The number of amides is 1. The fourth-order valence-electron chi connectivity index (χ4n) is 2.22. The number of fused-ring (bicyclic) bond motifs is 1. The molecular formula is C15H18N2O3. The third kappa shape index (κ3) is 2.99. The van der Waals surface area contributed by atoms with Gasteiger partial charge in [0.05, 0.1) is 5.56 Å². The minimum atomic E-state index is -0.952. The third-order valence-electron chi connectivity index (χ3n) is 3.05. The Bertz CT molecular complexity index is 644. The minimum Gasteiger partial charge on any atom is -0.478 e. The number of hydrogen-bond donors (Lipinski definition) is 2. The van der Waals surface area contributed by atoms with E-state index in [4.69, 9.17) is 0 Å². The molecule has 5 nitrogen and oxygen atoms in total. The van der Waals surface area contributed by atoms with Crippen LogP contribution in [0.5, 0.6) is 0 Å². The van der Waals surface area contributed by atoms with Gasteiger partial charge < -0.3 is 15.0 Å². The Morgan fingerprint density at radius 2 is 2.00 bits per heavy atom. The normalized spacial score (nSPS) is 10.9. The summed E-state index contributed by atoms with van der Waals surface area (Å²) in [6, 6.07) is 7.42. The first-order valence-corrected chi connectivity index (χ1v) is 6.59. The topological polar surface area (TPSA) is 71.3 Å². The predicted octanol–water partition coefficient (Wildman–Crippen LogP) is 2.25. The molecule has 5 heteroatoms. The summed E-state index contributed by atoms with van der Waals surface area (Å²) in [7, 11) is 0. The molecule has 0 bridgehead atoms. The number of aromatic carboxylic acids is 1. The van der Waals surface area contributed by atoms with Crippen LogP contribution in [0.3, 0.4) is 0 Å². The molecule has 0 aliphatic heterocycles. The fourth-order valence-corrected chi connectivity index (χ4v) is 2.22. The van der Waals surface area contributed by atoms with Crippen LogP contribution in [0.2, 0.25) is 0 Å². The van der Waals surface area contributed by atoms with E-state index < -0.39 is 5.97 Å². The van der Waals surface area contributed by atoms with Crippen molar-refractivity contribution in [1.82, 2.24) is 9.88 Å². The Balaban J connectivity index is 2.22. The number of carbonyl (C=O) groups excluding carboxylic acids is 1. The molecule has 1 amide bonds. The molecule has 0 spiro atoms. The smallest absolute Gasteiger partial charge is 0.337 e. The number of benzene rings is 1. The zero-order chi connectivity index (χ0) is 14.7. The molecule has 2 rings (SSSR count). The van der Waals surface area contributed by atoms with Crippen molar-refractivity contribution in [3.8, 4) is 0 Å². The fraction of sp³-hybridized carbons (Fsp3) is 0.333. The summed E-state index contributed by atoms with van der Waals surface area (Å²) in [5.74, 6) is -0.985. The summed E-state index contributed by atoms with van der Waals surface area (Å²) in [5.41, 5.74) is 1.10. The van der Waals surface area contributed by atoms with Gasteiger partial charge in [-0.15, -0.1) is 0 Å². The van der Waals surface area contributed by atoms with E-state index >= 15 is 0 Å². The van der Waals surface area contributed by atoms with Crippen LogP contribution in [0, 0.1) is 0 Å². The van der Waals surface area contributed by atoms with Crippen molar-refractivity contribution in [2.75, 3.05) is 0 Å². The lowest BCUT2D eigenvalue weighted by Gasteiger charge is -2.09. The zero-order valence-electron chi connectivity index (χ0n) is 11.6. The summed E-state index contributed by atoms with van der Waals surface area (Å²) in [5, 5.41) is 12.7. The standard InChI is InChI=1S/C15H18N2O3/c1-10(2)16-14(18)7-8-17-9-12(15(19)20)11-5-3-4-6-13(11)17/h3-6,9-10H,7-8H2,1-2H3,(H,16,18)(H,19,20). The highest BCUT2D eigenvalue weighted by Crippen LogP contribution is 2.21. The van der Waals surface area contributed by atoms with Crippen molar-refractivity contribution >= 4 is 22.8 Å². The van der Waals surface area contributed by atoms with Gasteiger partial charge in [0.25, 0.3) is 0 Å².